The third-order valence-corrected chi connectivity index (χ3v) is 6.35. The second kappa shape index (κ2) is 5.73. The predicted octanol–water partition coefficient (Wildman–Crippen LogP) is 1.53. The molecule has 1 aliphatic carbocycles. The molecule has 12 heavy (non-hydrogen) atoms. The lowest BCUT2D eigenvalue weighted by atomic mass is 10.4. The van der Waals surface area contributed by atoms with Crippen LogP contribution in [-0.4, -0.2) is 35.5 Å². The highest BCUT2D eigenvalue weighted by atomic mass is 28.3. The van der Waals surface area contributed by atoms with Crippen molar-refractivity contribution in [2.75, 3.05) is 26.7 Å². The summed E-state index contributed by atoms with van der Waals surface area (Å²) in [5, 5.41) is 0. The van der Waals surface area contributed by atoms with E-state index in [1.807, 2.05) is 14.2 Å². The van der Waals surface area contributed by atoms with Gasteiger partial charge in [-0.05, 0) is 5.54 Å². The summed E-state index contributed by atoms with van der Waals surface area (Å²) in [5.74, 6) is 0. The van der Waals surface area contributed by atoms with Gasteiger partial charge in [0, 0.05) is 26.7 Å². The Morgan fingerprint density at radius 3 is 2.00 bits per heavy atom. The monoisotopic (exact) mass is 188 g/mol. The first-order chi connectivity index (χ1) is 5.88. The molecule has 0 amide bonds. The summed E-state index contributed by atoms with van der Waals surface area (Å²) in [4.78, 5) is 0. The minimum absolute atomic E-state index is 0.731. The Kier molecular flexibility index (Phi) is 4.88. The number of rotatable bonds is 5. The average molecular weight is 188 g/mol. The van der Waals surface area contributed by atoms with Crippen LogP contribution in [0.2, 0.25) is 5.54 Å². The Balaban J connectivity index is 2.29. The lowest BCUT2D eigenvalue weighted by Crippen LogP contribution is -2.31. The van der Waals surface area contributed by atoms with E-state index in [1.165, 1.54) is 25.7 Å². The molecule has 0 spiro atoms. The van der Waals surface area contributed by atoms with Gasteiger partial charge in [-0.3, -0.25) is 0 Å². The summed E-state index contributed by atoms with van der Waals surface area (Å²) in [7, 11) is 2.89. The molecule has 0 aromatic heterocycles. The van der Waals surface area contributed by atoms with Crippen LogP contribution in [0.5, 0.6) is 0 Å². The Morgan fingerprint density at radius 2 is 1.58 bits per heavy atom. The molecule has 0 N–H and O–H groups in total. The van der Waals surface area contributed by atoms with Crippen molar-refractivity contribution in [3.05, 3.63) is 0 Å². The van der Waals surface area contributed by atoms with Gasteiger partial charge in [0.15, 0.2) is 0 Å². The molecule has 72 valence electrons. The number of hydrogen-bond acceptors (Lipinski definition) is 2. The molecule has 2 nitrogen and oxygen atoms in total. The zero-order chi connectivity index (χ0) is 8.81. The first-order valence-electron chi connectivity index (χ1n) is 4.86. The third kappa shape index (κ3) is 2.88. The Labute approximate surface area is 76.9 Å². The highest BCUT2D eigenvalue weighted by Gasteiger charge is 2.26. The molecule has 3 heteroatoms. The van der Waals surface area contributed by atoms with Crippen molar-refractivity contribution in [1.82, 2.24) is 0 Å². The van der Waals surface area contributed by atoms with Gasteiger partial charge < -0.3 is 9.47 Å². The van der Waals surface area contributed by atoms with E-state index < -0.39 is 8.80 Å². The SMILES string of the molecule is COC[SiH](COC)C1CCCC1. The summed E-state index contributed by atoms with van der Waals surface area (Å²) in [6.45, 7) is 0. The Morgan fingerprint density at radius 1 is 1.08 bits per heavy atom. The standard InChI is InChI=1S/C9H20O2Si/c1-10-7-12(8-11-2)9-5-3-4-6-9/h9,12H,3-8H2,1-2H3. The maximum absolute atomic E-state index is 5.25. The van der Waals surface area contributed by atoms with Gasteiger partial charge in [-0.1, -0.05) is 25.7 Å². The first-order valence-corrected chi connectivity index (χ1v) is 7.16. The molecular formula is C9H20O2Si. The first kappa shape index (κ1) is 10.2. The van der Waals surface area contributed by atoms with Crippen LogP contribution in [0.25, 0.3) is 0 Å². The van der Waals surface area contributed by atoms with E-state index in [4.69, 9.17) is 9.47 Å². The molecule has 1 saturated carbocycles. The smallest absolute Gasteiger partial charge is 0.100 e. The fourth-order valence-electron chi connectivity index (χ4n) is 2.18. The van der Waals surface area contributed by atoms with E-state index in [-0.39, 0.29) is 0 Å². The molecule has 0 heterocycles. The van der Waals surface area contributed by atoms with Crippen LogP contribution in [0.1, 0.15) is 25.7 Å². The molecule has 1 aliphatic rings. The fourth-order valence-corrected chi connectivity index (χ4v) is 5.09. The van der Waals surface area contributed by atoms with Crippen LogP contribution in [0.3, 0.4) is 0 Å². The second-order valence-corrected chi connectivity index (χ2v) is 6.84. The molecule has 1 rings (SSSR count). The minimum atomic E-state index is -0.731. The highest BCUT2D eigenvalue weighted by Crippen LogP contribution is 2.32. The van der Waals surface area contributed by atoms with Crippen molar-refractivity contribution in [3.63, 3.8) is 0 Å². The third-order valence-electron chi connectivity index (χ3n) is 2.83. The van der Waals surface area contributed by atoms with E-state index in [0.717, 1.165) is 18.0 Å². The Hall–Kier alpha value is 0.137. The summed E-state index contributed by atoms with van der Waals surface area (Å²) in [6.07, 6.45) is 7.73. The van der Waals surface area contributed by atoms with Crippen molar-refractivity contribution in [2.24, 2.45) is 0 Å². The van der Waals surface area contributed by atoms with Gasteiger partial charge in [0.1, 0.15) is 8.80 Å². The van der Waals surface area contributed by atoms with Gasteiger partial charge in [-0.15, -0.1) is 0 Å². The molecule has 0 saturated heterocycles. The average Bonchev–Trinajstić information content (AvgIpc) is 2.56. The quantitative estimate of drug-likeness (QED) is 0.609. The fraction of sp³-hybridized carbons (Fsp3) is 1.00. The summed E-state index contributed by atoms with van der Waals surface area (Å²) in [5.41, 5.74) is 0.991. The maximum atomic E-state index is 5.25. The van der Waals surface area contributed by atoms with Crippen molar-refractivity contribution in [1.29, 1.82) is 0 Å². The minimum Gasteiger partial charge on any atom is -0.388 e. The topological polar surface area (TPSA) is 18.5 Å². The van der Waals surface area contributed by atoms with Crippen molar-refractivity contribution in [3.8, 4) is 0 Å². The van der Waals surface area contributed by atoms with E-state index in [1.54, 1.807) is 0 Å². The van der Waals surface area contributed by atoms with Gasteiger partial charge >= 0.3 is 0 Å². The van der Waals surface area contributed by atoms with E-state index in [2.05, 4.69) is 0 Å². The highest BCUT2D eigenvalue weighted by molar-refractivity contribution is 6.60. The molecule has 0 atom stereocenters. The summed E-state index contributed by atoms with van der Waals surface area (Å²) in [6, 6.07) is 0. The molecule has 0 aromatic carbocycles. The van der Waals surface area contributed by atoms with Crippen LogP contribution in [0.15, 0.2) is 0 Å². The number of hydrogen-bond donors (Lipinski definition) is 0. The molecule has 0 bridgehead atoms. The van der Waals surface area contributed by atoms with Crippen molar-refractivity contribution < 1.29 is 9.47 Å². The van der Waals surface area contributed by atoms with E-state index in [0.29, 0.717) is 0 Å². The number of ether oxygens (including phenoxy) is 2. The van der Waals surface area contributed by atoms with Crippen LogP contribution in [0.4, 0.5) is 0 Å². The van der Waals surface area contributed by atoms with Gasteiger partial charge in [-0.25, -0.2) is 0 Å². The normalized spacial score (nSPS) is 19.2. The zero-order valence-corrected chi connectivity index (χ0v) is 9.37. The van der Waals surface area contributed by atoms with Gasteiger partial charge in [0.2, 0.25) is 0 Å². The van der Waals surface area contributed by atoms with Crippen molar-refractivity contribution >= 4 is 8.80 Å². The second-order valence-electron chi connectivity index (χ2n) is 3.72. The molecule has 0 unspecified atom stereocenters. The predicted molar refractivity (Wildman–Crippen MR) is 53.1 cm³/mol. The molecular weight excluding hydrogens is 168 g/mol. The maximum Gasteiger partial charge on any atom is 0.100 e. The van der Waals surface area contributed by atoms with Gasteiger partial charge in [0.25, 0.3) is 0 Å². The van der Waals surface area contributed by atoms with E-state index in [9.17, 15) is 0 Å². The van der Waals surface area contributed by atoms with Crippen LogP contribution in [0, 0.1) is 0 Å². The summed E-state index contributed by atoms with van der Waals surface area (Å²) < 4.78 is 10.5. The lowest BCUT2D eigenvalue weighted by Gasteiger charge is -2.19. The molecule has 0 aromatic rings. The van der Waals surface area contributed by atoms with Gasteiger partial charge in [0.05, 0.1) is 0 Å². The molecule has 0 radical (unpaired) electrons. The molecule has 1 fully saturated rings. The van der Waals surface area contributed by atoms with Gasteiger partial charge in [-0.2, -0.15) is 0 Å². The summed E-state index contributed by atoms with van der Waals surface area (Å²) >= 11 is 0. The largest absolute Gasteiger partial charge is 0.388 e. The van der Waals surface area contributed by atoms with Crippen molar-refractivity contribution in [2.45, 2.75) is 31.2 Å². The number of methoxy groups -OCH3 is 2. The molecule has 0 aliphatic heterocycles. The van der Waals surface area contributed by atoms with Crippen LogP contribution in [-0.2, 0) is 9.47 Å². The Bertz CT molecular complexity index is 107. The zero-order valence-electron chi connectivity index (χ0n) is 8.21. The van der Waals surface area contributed by atoms with Crippen LogP contribution >= 0.6 is 0 Å². The van der Waals surface area contributed by atoms with E-state index >= 15 is 0 Å². The lowest BCUT2D eigenvalue weighted by molar-refractivity contribution is 0.219. The van der Waals surface area contributed by atoms with Crippen LogP contribution < -0.4 is 0 Å².